The molecule has 2 aromatic rings. The van der Waals surface area contributed by atoms with E-state index in [9.17, 15) is 29.5 Å². The quantitative estimate of drug-likeness (QED) is 0.226. The van der Waals surface area contributed by atoms with E-state index in [0.29, 0.717) is 41.5 Å². The van der Waals surface area contributed by atoms with Gasteiger partial charge in [0.1, 0.15) is 6.10 Å². The van der Waals surface area contributed by atoms with Crippen LogP contribution in [-0.2, 0) is 31.6 Å². The highest BCUT2D eigenvalue weighted by atomic mass is 16.5. The van der Waals surface area contributed by atoms with Gasteiger partial charge in [-0.1, -0.05) is 48.5 Å². The van der Waals surface area contributed by atoms with Crippen LogP contribution in [-0.4, -0.2) is 38.3 Å². The molecule has 3 saturated carbocycles. The van der Waals surface area contributed by atoms with Gasteiger partial charge in [-0.2, -0.15) is 5.26 Å². The average Bonchev–Trinajstić information content (AvgIpc) is 3.56. The topological polar surface area (TPSA) is 131 Å². The third kappa shape index (κ3) is 6.23. The molecule has 56 heavy (non-hydrogen) atoms. The first kappa shape index (κ1) is 41.7. The molecular weight excluding hydrogens is 703 g/mol. The molecule has 0 radical (unpaired) electrons. The Morgan fingerprint density at radius 2 is 1.70 bits per heavy atom. The number of fused-ring (bicyclic) bond motifs is 5. The second-order valence-electron chi connectivity index (χ2n) is 19.8. The van der Waals surface area contributed by atoms with E-state index in [4.69, 9.17) is 4.74 Å². The summed E-state index contributed by atoms with van der Waals surface area (Å²) in [5.41, 5.74) is 3.28. The molecule has 0 bridgehead atoms. The minimum atomic E-state index is -1.18. The normalized spacial score (nSPS) is 32.1. The van der Waals surface area contributed by atoms with Crippen LogP contribution in [0.1, 0.15) is 150 Å². The standard InChI is InChI=1S/C47H65N3O6/c1-12-33(56-37(52)26-43(6,7)42(54)55)20-21-44(8)29(4)19-22-46(10)36(44)18-17-34-39-38(28(2)3)35(51)25-47(39,24-23-45(34,46)9)40-30(5)41(53)50(49(40)11)32-15-13-31(27-48)14-16-32/h13-16,28-29,33-34,36H,12,17-26H2,1-11H3,(H,54,55)/t29-,33-,34-,36-,44+,45-,46-,47-/m1/s1. The third-order valence-corrected chi connectivity index (χ3v) is 16.3. The minimum Gasteiger partial charge on any atom is -0.481 e. The van der Waals surface area contributed by atoms with Crippen molar-refractivity contribution in [3.8, 4) is 11.8 Å². The number of carboxylic acids is 1. The number of ether oxygens (including phenoxy) is 1. The Morgan fingerprint density at radius 1 is 1.04 bits per heavy atom. The molecule has 304 valence electrons. The van der Waals surface area contributed by atoms with Crippen molar-refractivity contribution in [1.82, 2.24) is 9.36 Å². The number of ketones is 1. The van der Waals surface area contributed by atoms with Gasteiger partial charge in [0.25, 0.3) is 5.56 Å². The number of nitriles is 1. The minimum absolute atomic E-state index is 0.00328. The Bertz CT molecular complexity index is 2050. The summed E-state index contributed by atoms with van der Waals surface area (Å²) < 4.78 is 9.67. The molecule has 1 aromatic heterocycles. The maximum Gasteiger partial charge on any atom is 0.309 e. The van der Waals surface area contributed by atoms with Crippen LogP contribution in [0.25, 0.3) is 5.69 Å². The lowest BCUT2D eigenvalue weighted by atomic mass is 9.35. The number of Topliss-reactive ketones (excluding diaryl/α,β-unsaturated/α-hetero) is 1. The highest BCUT2D eigenvalue weighted by Gasteiger charge is 2.68. The number of carbonyl (C=O) groups excluding carboxylic acids is 2. The Balaban J connectivity index is 1.36. The van der Waals surface area contributed by atoms with Gasteiger partial charge in [0.15, 0.2) is 5.78 Å². The van der Waals surface area contributed by atoms with Crippen molar-refractivity contribution in [3.05, 3.63) is 62.6 Å². The Morgan fingerprint density at radius 3 is 2.29 bits per heavy atom. The summed E-state index contributed by atoms with van der Waals surface area (Å²) in [6.45, 7) is 21.3. The van der Waals surface area contributed by atoms with Gasteiger partial charge in [-0.05, 0) is 154 Å². The molecule has 6 rings (SSSR count). The van der Waals surface area contributed by atoms with E-state index in [0.717, 1.165) is 62.6 Å². The Hall–Kier alpha value is -3.93. The number of aromatic nitrogens is 2. The molecule has 4 aliphatic rings. The van der Waals surface area contributed by atoms with Gasteiger partial charge < -0.3 is 9.84 Å². The number of rotatable bonds is 11. The largest absolute Gasteiger partial charge is 0.481 e. The summed E-state index contributed by atoms with van der Waals surface area (Å²) in [6.07, 6.45) is 8.35. The van der Waals surface area contributed by atoms with Crippen molar-refractivity contribution in [2.24, 2.45) is 52.4 Å². The fourth-order valence-electron chi connectivity index (χ4n) is 12.7. The maximum atomic E-state index is 14.4. The maximum absolute atomic E-state index is 14.4. The number of hydrogen-bond acceptors (Lipinski definition) is 6. The van der Waals surface area contributed by atoms with Crippen molar-refractivity contribution in [2.45, 2.75) is 151 Å². The van der Waals surface area contributed by atoms with Gasteiger partial charge in [-0.3, -0.25) is 23.9 Å². The van der Waals surface area contributed by atoms with Gasteiger partial charge in [0, 0.05) is 24.4 Å². The predicted molar refractivity (Wildman–Crippen MR) is 217 cm³/mol. The number of hydrogen-bond donors (Lipinski definition) is 1. The van der Waals surface area contributed by atoms with Gasteiger partial charge >= 0.3 is 11.9 Å². The highest BCUT2D eigenvalue weighted by molar-refractivity contribution is 6.02. The molecule has 8 atom stereocenters. The van der Waals surface area contributed by atoms with Gasteiger partial charge in [-0.25, -0.2) is 4.68 Å². The number of benzene rings is 1. The molecule has 1 heterocycles. The number of aliphatic carboxylic acids is 1. The lowest BCUT2D eigenvalue weighted by molar-refractivity contribution is -0.184. The summed E-state index contributed by atoms with van der Waals surface area (Å²) in [7, 11) is 1.96. The van der Waals surface area contributed by atoms with Crippen LogP contribution >= 0.6 is 0 Å². The van der Waals surface area contributed by atoms with Crippen LogP contribution in [0.4, 0.5) is 0 Å². The lowest BCUT2D eigenvalue weighted by Crippen LogP contribution is -2.62. The van der Waals surface area contributed by atoms with E-state index in [1.165, 1.54) is 5.57 Å². The number of esters is 1. The van der Waals surface area contributed by atoms with Crippen LogP contribution in [0.3, 0.4) is 0 Å². The average molecular weight is 768 g/mol. The van der Waals surface area contributed by atoms with E-state index < -0.39 is 22.8 Å². The molecule has 0 aliphatic heterocycles. The van der Waals surface area contributed by atoms with Gasteiger partial charge in [-0.15, -0.1) is 0 Å². The van der Waals surface area contributed by atoms with E-state index >= 15 is 0 Å². The van der Waals surface area contributed by atoms with E-state index in [1.54, 1.807) is 30.7 Å². The molecule has 9 nitrogen and oxygen atoms in total. The fourth-order valence-corrected chi connectivity index (χ4v) is 12.7. The highest BCUT2D eigenvalue weighted by Crippen LogP contribution is 2.75. The zero-order chi connectivity index (χ0) is 41.3. The molecular formula is C47H65N3O6. The SMILES string of the molecule is CC[C@H](CC[C@@]1(C)[C@H](C)CC[C@]2(C)[C@@H]1CC[C@@H]1C3=C(C(C)C)C(=O)C[C@]3(c3c(C)c(=O)n(-c4ccc(C#N)cc4)n3C)CC[C@]12C)OC(=O)CC(C)(C)C(=O)O. The second kappa shape index (κ2) is 14.5. The number of carbonyl (C=O) groups is 3. The van der Waals surface area contributed by atoms with Gasteiger partial charge in [0.2, 0.25) is 0 Å². The summed E-state index contributed by atoms with van der Waals surface area (Å²) >= 11 is 0. The molecule has 0 unspecified atom stereocenters. The van der Waals surface area contributed by atoms with Crippen LogP contribution in [0, 0.1) is 63.6 Å². The van der Waals surface area contributed by atoms with Crippen molar-refractivity contribution in [3.63, 3.8) is 0 Å². The van der Waals surface area contributed by atoms with Crippen molar-refractivity contribution >= 4 is 17.7 Å². The molecule has 0 saturated heterocycles. The molecule has 1 aromatic carbocycles. The van der Waals surface area contributed by atoms with Crippen LogP contribution in [0.2, 0.25) is 0 Å². The van der Waals surface area contributed by atoms with Crippen LogP contribution in [0.15, 0.2) is 40.2 Å². The van der Waals surface area contributed by atoms with E-state index in [-0.39, 0.29) is 51.9 Å². The lowest BCUT2D eigenvalue weighted by Gasteiger charge is -2.69. The van der Waals surface area contributed by atoms with Crippen molar-refractivity contribution in [2.75, 3.05) is 0 Å². The molecule has 4 aliphatic carbocycles. The smallest absolute Gasteiger partial charge is 0.309 e. The zero-order valence-electron chi connectivity index (χ0n) is 35.8. The molecule has 0 amide bonds. The number of nitrogens with zero attached hydrogens (tertiary/aromatic N) is 3. The first-order valence-corrected chi connectivity index (χ1v) is 21.1. The summed E-state index contributed by atoms with van der Waals surface area (Å²) in [4.78, 5) is 53.2. The monoisotopic (exact) mass is 767 g/mol. The van der Waals surface area contributed by atoms with E-state index in [2.05, 4.69) is 47.6 Å². The Kier molecular flexibility index (Phi) is 10.8. The second-order valence-corrected chi connectivity index (χ2v) is 19.8. The zero-order valence-corrected chi connectivity index (χ0v) is 35.8. The predicted octanol–water partition coefficient (Wildman–Crippen LogP) is 9.39. The van der Waals surface area contributed by atoms with E-state index in [1.807, 2.05) is 37.7 Å². The molecule has 3 fully saturated rings. The molecule has 9 heteroatoms. The first-order valence-electron chi connectivity index (χ1n) is 21.1. The van der Waals surface area contributed by atoms with Crippen LogP contribution < -0.4 is 5.56 Å². The molecule has 0 spiro atoms. The summed E-state index contributed by atoms with van der Waals surface area (Å²) in [5, 5.41) is 19.0. The van der Waals surface area contributed by atoms with Crippen LogP contribution in [0.5, 0.6) is 0 Å². The van der Waals surface area contributed by atoms with Crippen molar-refractivity contribution in [1.29, 1.82) is 5.26 Å². The molecule has 1 N–H and O–H groups in total. The number of allylic oxidation sites excluding steroid dienone is 2. The number of carboxylic acid groups (broad SMARTS) is 1. The fraction of sp³-hybridized carbons (Fsp3) is 0.681. The summed E-state index contributed by atoms with van der Waals surface area (Å²) in [5.74, 6) is -0.0391. The van der Waals surface area contributed by atoms with Crippen molar-refractivity contribution < 1.29 is 24.2 Å². The summed E-state index contributed by atoms with van der Waals surface area (Å²) in [6, 6.07) is 9.30. The van der Waals surface area contributed by atoms with Gasteiger partial charge in [0.05, 0.1) is 34.8 Å². The third-order valence-electron chi connectivity index (χ3n) is 16.3. The Labute approximate surface area is 333 Å². The first-order chi connectivity index (χ1) is 26.1.